The molecule has 140 valence electrons. The monoisotopic (exact) mass is 384 g/mol. The van der Waals surface area contributed by atoms with Crippen LogP contribution in [0.15, 0.2) is 64.7 Å². The van der Waals surface area contributed by atoms with Gasteiger partial charge >= 0.3 is 0 Å². The molecule has 0 saturated heterocycles. The third-order valence-electron chi connectivity index (χ3n) is 3.87. The highest BCUT2D eigenvalue weighted by Crippen LogP contribution is 2.25. The summed E-state index contributed by atoms with van der Waals surface area (Å²) in [5.74, 6) is 0.891. The van der Waals surface area contributed by atoms with E-state index in [0.717, 1.165) is 16.8 Å². The molecule has 0 aliphatic carbocycles. The number of hydrazone groups is 1. The average molecular weight is 385 g/mol. The predicted octanol–water partition coefficient (Wildman–Crippen LogP) is 3.39. The van der Waals surface area contributed by atoms with Crippen molar-refractivity contribution in [3.8, 4) is 5.75 Å². The van der Waals surface area contributed by atoms with Gasteiger partial charge in [-0.2, -0.15) is 5.10 Å². The van der Waals surface area contributed by atoms with Gasteiger partial charge in [-0.25, -0.2) is 10.4 Å². The van der Waals surface area contributed by atoms with Crippen LogP contribution in [0.1, 0.15) is 30.5 Å². The van der Waals surface area contributed by atoms with E-state index in [1.54, 1.807) is 0 Å². The molecule has 2 unspecified atom stereocenters. The van der Waals surface area contributed by atoms with Crippen molar-refractivity contribution >= 4 is 29.2 Å². The zero-order valence-corrected chi connectivity index (χ0v) is 15.9. The summed E-state index contributed by atoms with van der Waals surface area (Å²) in [4.78, 5) is 16.4. The molecule has 0 spiro atoms. The molecule has 0 radical (unpaired) electrons. The minimum absolute atomic E-state index is 0.147. The summed E-state index contributed by atoms with van der Waals surface area (Å²) in [5.41, 5.74) is 4.91. The summed E-state index contributed by atoms with van der Waals surface area (Å²) < 4.78 is 5.75. The van der Waals surface area contributed by atoms with E-state index >= 15 is 0 Å². The molecule has 2 N–H and O–H groups in total. The highest BCUT2D eigenvalue weighted by atomic mass is 35.5. The normalized spacial score (nSPS) is 16.9. The van der Waals surface area contributed by atoms with Gasteiger partial charge in [0.05, 0.1) is 0 Å². The van der Waals surface area contributed by atoms with Gasteiger partial charge in [0.15, 0.2) is 5.56 Å². The van der Waals surface area contributed by atoms with Gasteiger partial charge in [-0.15, -0.1) is 0 Å². The van der Waals surface area contributed by atoms with Crippen LogP contribution in [-0.2, 0) is 11.2 Å². The molecular weight excluding hydrogens is 364 g/mol. The standard InChI is InChI=1S/C20H21ClN4O2/c1-13(2)24-25-20-22-17(19(26)23-20)12-14-8-10-16(11-9-14)27-18(21)15-6-4-3-5-7-15/h3-11,17-18H,12H2,1-2H3,(H2,22,23,25,26). The minimum atomic E-state index is -0.557. The van der Waals surface area contributed by atoms with Gasteiger partial charge in [0.25, 0.3) is 5.91 Å². The van der Waals surface area contributed by atoms with Gasteiger partial charge < -0.3 is 4.74 Å². The van der Waals surface area contributed by atoms with Gasteiger partial charge in [-0.1, -0.05) is 54.1 Å². The Labute approximate surface area is 163 Å². The lowest BCUT2D eigenvalue weighted by molar-refractivity contribution is -0.120. The van der Waals surface area contributed by atoms with Crippen molar-refractivity contribution in [3.63, 3.8) is 0 Å². The zero-order valence-electron chi connectivity index (χ0n) is 15.1. The van der Waals surface area contributed by atoms with Crippen molar-refractivity contribution in [1.82, 2.24) is 10.7 Å². The van der Waals surface area contributed by atoms with Crippen molar-refractivity contribution in [3.05, 3.63) is 65.7 Å². The second-order valence-corrected chi connectivity index (χ2v) is 6.74. The van der Waals surface area contributed by atoms with Crippen LogP contribution in [0.5, 0.6) is 5.75 Å². The number of amides is 1. The van der Waals surface area contributed by atoms with Gasteiger partial charge in [0, 0.05) is 17.7 Å². The summed E-state index contributed by atoms with van der Waals surface area (Å²) in [6.07, 6.45) is 0.495. The Bertz CT molecular complexity index is 846. The largest absolute Gasteiger partial charge is 0.470 e. The fraction of sp³-hybridized carbons (Fsp3) is 0.250. The maximum atomic E-state index is 12.0. The van der Waals surface area contributed by atoms with Crippen LogP contribution in [-0.4, -0.2) is 23.6 Å². The first kappa shape index (κ1) is 18.9. The lowest BCUT2D eigenvalue weighted by Crippen LogP contribution is -2.35. The van der Waals surface area contributed by atoms with E-state index in [4.69, 9.17) is 16.3 Å². The van der Waals surface area contributed by atoms with Crippen LogP contribution in [0.4, 0.5) is 0 Å². The molecule has 1 aliphatic rings. The van der Waals surface area contributed by atoms with Crippen LogP contribution in [0.3, 0.4) is 0 Å². The number of hydrogen-bond acceptors (Lipinski definition) is 5. The van der Waals surface area contributed by atoms with Gasteiger partial charge in [-0.3, -0.25) is 10.1 Å². The molecule has 3 rings (SSSR count). The maximum absolute atomic E-state index is 12.0. The zero-order chi connectivity index (χ0) is 19.2. The number of nitrogens with zero attached hydrogens (tertiary/aromatic N) is 2. The molecule has 0 fully saturated rings. The number of guanidine groups is 1. The molecule has 0 bridgehead atoms. The number of carbonyl (C=O) groups excluding carboxylic acids is 1. The van der Waals surface area contributed by atoms with Crippen LogP contribution in [0, 0.1) is 0 Å². The number of hydrogen-bond donors (Lipinski definition) is 2. The number of rotatable bonds is 6. The summed E-state index contributed by atoms with van der Waals surface area (Å²) in [6.45, 7) is 3.71. The number of halogens is 1. The molecule has 1 aliphatic heterocycles. The van der Waals surface area contributed by atoms with Crippen molar-refractivity contribution in [2.45, 2.75) is 31.9 Å². The summed E-state index contributed by atoms with van der Waals surface area (Å²) >= 11 is 6.29. The maximum Gasteiger partial charge on any atom is 0.251 e. The molecule has 2 aromatic rings. The number of ether oxygens (including phenoxy) is 1. The quantitative estimate of drug-likeness (QED) is 0.455. The topological polar surface area (TPSA) is 75.1 Å². The summed E-state index contributed by atoms with van der Waals surface area (Å²) in [5, 5.41) is 6.72. The van der Waals surface area contributed by atoms with Crippen LogP contribution in [0.25, 0.3) is 0 Å². The van der Waals surface area contributed by atoms with Crippen molar-refractivity contribution < 1.29 is 9.53 Å². The summed E-state index contributed by atoms with van der Waals surface area (Å²) in [6, 6.07) is 16.6. The second-order valence-electron chi connectivity index (χ2n) is 6.35. The van der Waals surface area contributed by atoms with Gasteiger partial charge in [0.2, 0.25) is 5.96 Å². The molecular formula is C20H21ClN4O2. The third kappa shape index (κ3) is 5.31. The number of nitrogens with one attached hydrogen (secondary N) is 2. The Morgan fingerprint density at radius 2 is 1.93 bits per heavy atom. The van der Waals surface area contributed by atoms with E-state index in [-0.39, 0.29) is 5.91 Å². The Balaban J connectivity index is 1.59. The fourth-order valence-corrected chi connectivity index (χ4v) is 2.77. The second kappa shape index (κ2) is 8.68. The Kier molecular flexibility index (Phi) is 6.08. The first-order chi connectivity index (χ1) is 13.0. The smallest absolute Gasteiger partial charge is 0.251 e. The number of alkyl halides is 1. The highest BCUT2D eigenvalue weighted by Gasteiger charge is 2.26. The van der Waals surface area contributed by atoms with Gasteiger partial charge in [-0.05, 0) is 31.5 Å². The molecule has 0 saturated carbocycles. The van der Waals surface area contributed by atoms with E-state index in [1.165, 1.54) is 0 Å². The van der Waals surface area contributed by atoms with Crippen molar-refractivity contribution in [1.29, 1.82) is 0 Å². The fourth-order valence-electron chi connectivity index (χ4n) is 2.53. The van der Waals surface area contributed by atoms with E-state index in [0.29, 0.717) is 18.1 Å². The number of carbonyl (C=O) groups is 1. The molecule has 1 heterocycles. The third-order valence-corrected chi connectivity index (χ3v) is 4.21. The van der Waals surface area contributed by atoms with Crippen molar-refractivity contribution in [2.75, 3.05) is 0 Å². The van der Waals surface area contributed by atoms with Crippen molar-refractivity contribution in [2.24, 2.45) is 10.1 Å². The van der Waals surface area contributed by atoms with Crippen LogP contribution < -0.4 is 15.5 Å². The number of benzene rings is 2. The molecule has 0 aromatic heterocycles. The van der Waals surface area contributed by atoms with Crippen LogP contribution >= 0.6 is 11.6 Å². The Morgan fingerprint density at radius 1 is 1.22 bits per heavy atom. The Hall–Kier alpha value is -2.86. The van der Waals surface area contributed by atoms with Gasteiger partial charge in [0.1, 0.15) is 11.8 Å². The molecule has 6 nitrogen and oxygen atoms in total. The lowest BCUT2D eigenvalue weighted by Gasteiger charge is -2.13. The van der Waals surface area contributed by atoms with E-state index in [2.05, 4.69) is 20.8 Å². The Morgan fingerprint density at radius 3 is 2.59 bits per heavy atom. The highest BCUT2D eigenvalue weighted by molar-refractivity contribution is 6.20. The van der Waals surface area contributed by atoms with E-state index < -0.39 is 11.6 Å². The molecule has 1 amide bonds. The number of aliphatic imine (C=N–C) groups is 1. The molecule has 27 heavy (non-hydrogen) atoms. The minimum Gasteiger partial charge on any atom is -0.470 e. The predicted molar refractivity (Wildman–Crippen MR) is 107 cm³/mol. The van der Waals surface area contributed by atoms with E-state index in [9.17, 15) is 4.79 Å². The molecule has 2 atom stereocenters. The first-order valence-corrected chi connectivity index (χ1v) is 9.05. The summed E-state index contributed by atoms with van der Waals surface area (Å²) in [7, 11) is 0. The lowest BCUT2D eigenvalue weighted by atomic mass is 10.1. The first-order valence-electron chi connectivity index (χ1n) is 8.61. The van der Waals surface area contributed by atoms with E-state index in [1.807, 2.05) is 68.4 Å². The SMILES string of the molecule is CC(C)=NNC1=NC(Cc2ccc(OC(Cl)c3ccccc3)cc2)C(=O)N1. The average Bonchev–Trinajstić information content (AvgIpc) is 3.02. The van der Waals surface area contributed by atoms with Crippen LogP contribution in [0.2, 0.25) is 0 Å². The molecule has 7 heteroatoms. The molecule has 2 aromatic carbocycles.